The molecular weight excluding hydrogens is 348 g/mol. The van der Waals surface area contributed by atoms with E-state index in [2.05, 4.69) is 10.5 Å². The number of hydrogen-bond donors (Lipinski definition) is 1. The summed E-state index contributed by atoms with van der Waals surface area (Å²) in [7, 11) is 0. The normalized spacial score (nSPS) is 12.2. The number of halogens is 1. The molecular formula is C17H15ClN2O5. The van der Waals surface area contributed by atoms with E-state index >= 15 is 0 Å². The number of amides is 1. The van der Waals surface area contributed by atoms with Crippen molar-refractivity contribution in [3.05, 3.63) is 46.4 Å². The van der Waals surface area contributed by atoms with E-state index in [1.165, 1.54) is 6.92 Å². The Morgan fingerprint density at radius 1 is 1.28 bits per heavy atom. The molecule has 0 saturated carbocycles. The van der Waals surface area contributed by atoms with Crippen molar-refractivity contribution in [1.82, 2.24) is 5.16 Å². The Hall–Kier alpha value is -2.80. The number of aromatic nitrogens is 1. The number of esters is 1. The van der Waals surface area contributed by atoms with Crippen molar-refractivity contribution in [1.29, 1.82) is 0 Å². The van der Waals surface area contributed by atoms with Crippen LogP contribution in [0.5, 0.6) is 0 Å². The van der Waals surface area contributed by atoms with Gasteiger partial charge in [0.2, 0.25) is 5.76 Å². The zero-order chi connectivity index (χ0) is 18.1. The second-order valence-electron chi connectivity index (χ2n) is 5.56. The van der Waals surface area contributed by atoms with E-state index in [-0.39, 0.29) is 11.6 Å². The minimum atomic E-state index is -1.04. The average Bonchev–Trinajstić information content (AvgIpc) is 3.11. The molecule has 1 amide bonds. The zero-order valence-electron chi connectivity index (χ0n) is 13.8. The van der Waals surface area contributed by atoms with Crippen LogP contribution in [-0.4, -0.2) is 23.1 Å². The van der Waals surface area contributed by atoms with Gasteiger partial charge in [-0.05, 0) is 39.0 Å². The number of rotatable bonds is 4. The number of fused-ring (bicyclic) bond motifs is 1. The Labute approximate surface area is 147 Å². The fourth-order valence-corrected chi connectivity index (χ4v) is 2.48. The van der Waals surface area contributed by atoms with Crippen LogP contribution >= 0.6 is 11.6 Å². The molecule has 0 aliphatic carbocycles. The van der Waals surface area contributed by atoms with Crippen LogP contribution in [0, 0.1) is 13.8 Å². The predicted molar refractivity (Wildman–Crippen MR) is 90.7 cm³/mol. The van der Waals surface area contributed by atoms with E-state index in [9.17, 15) is 9.59 Å². The second-order valence-corrected chi connectivity index (χ2v) is 5.99. The maximum absolute atomic E-state index is 12.3. The van der Waals surface area contributed by atoms with Crippen molar-refractivity contribution in [2.45, 2.75) is 26.9 Å². The molecule has 3 aromatic rings. The van der Waals surface area contributed by atoms with Crippen LogP contribution in [0.2, 0.25) is 5.02 Å². The quantitative estimate of drug-likeness (QED) is 0.708. The van der Waals surface area contributed by atoms with E-state index in [1.54, 1.807) is 38.1 Å². The lowest BCUT2D eigenvalue weighted by molar-refractivity contribution is -0.123. The summed E-state index contributed by atoms with van der Waals surface area (Å²) in [6.45, 7) is 4.87. The molecule has 2 heterocycles. The molecule has 0 saturated heterocycles. The SMILES string of the molecule is Cc1cc(NC(=O)[C@@H](C)OC(=O)c2oc3ccc(Cl)cc3c2C)no1. The van der Waals surface area contributed by atoms with Crippen molar-refractivity contribution in [3.8, 4) is 0 Å². The summed E-state index contributed by atoms with van der Waals surface area (Å²) >= 11 is 5.96. The monoisotopic (exact) mass is 362 g/mol. The maximum Gasteiger partial charge on any atom is 0.375 e. The molecule has 7 nitrogen and oxygen atoms in total. The summed E-state index contributed by atoms with van der Waals surface area (Å²) < 4.78 is 15.6. The van der Waals surface area contributed by atoms with Crippen LogP contribution in [0.15, 0.2) is 33.2 Å². The Morgan fingerprint density at radius 2 is 2.04 bits per heavy atom. The Morgan fingerprint density at radius 3 is 2.72 bits per heavy atom. The van der Waals surface area contributed by atoms with Gasteiger partial charge in [0, 0.05) is 22.0 Å². The van der Waals surface area contributed by atoms with Gasteiger partial charge in [-0.3, -0.25) is 4.79 Å². The smallest absolute Gasteiger partial charge is 0.375 e. The molecule has 0 aliphatic heterocycles. The largest absolute Gasteiger partial charge is 0.449 e. The molecule has 2 aromatic heterocycles. The molecule has 3 rings (SSSR count). The van der Waals surface area contributed by atoms with E-state index in [0.717, 1.165) is 5.39 Å². The number of benzene rings is 1. The van der Waals surface area contributed by atoms with Crippen LogP contribution in [0.3, 0.4) is 0 Å². The highest BCUT2D eigenvalue weighted by atomic mass is 35.5. The van der Waals surface area contributed by atoms with Gasteiger partial charge in [0.05, 0.1) is 0 Å². The van der Waals surface area contributed by atoms with E-state index in [4.69, 9.17) is 25.3 Å². The minimum absolute atomic E-state index is 0.0363. The van der Waals surface area contributed by atoms with Gasteiger partial charge >= 0.3 is 5.97 Å². The standard InChI is InChI=1S/C17H15ClN2O5/c1-8-6-14(20-25-8)19-16(21)10(3)23-17(22)15-9(2)12-7-11(18)4-5-13(12)24-15/h4-7,10H,1-3H3,(H,19,20,21)/t10-/m1/s1. The summed E-state index contributed by atoms with van der Waals surface area (Å²) in [4.78, 5) is 24.4. The molecule has 0 aliphatic rings. The van der Waals surface area contributed by atoms with Gasteiger partial charge in [-0.15, -0.1) is 0 Å². The lowest BCUT2D eigenvalue weighted by Gasteiger charge is -2.11. The number of aryl methyl sites for hydroxylation is 2. The number of nitrogens with zero attached hydrogens (tertiary/aromatic N) is 1. The molecule has 1 atom stereocenters. The fraction of sp³-hybridized carbons (Fsp3) is 0.235. The van der Waals surface area contributed by atoms with Crippen LogP contribution in [-0.2, 0) is 9.53 Å². The van der Waals surface area contributed by atoms with Crippen molar-refractivity contribution in [3.63, 3.8) is 0 Å². The number of carbonyl (C=O) groups excluding carboxylic acids is 2. The third kappa shape index (κ3) is 3.51. The first-order valence-corrected chi connectivity index (χ1v) is 7.86. The molecule has 0 radical (unpaired) electrons. The molecule has 0 bridgehead atoms. The van der Waals surface area contributed by atoms with Crippen molar-refractivity contribution < 1.29 is 23.3 Å². The van der Waals surface area contributed by atoms with Crippen molar-refractivity contribution in [2.75, 3.05) is 5.32 Å². The first-order valence-electron chi connectivity index (χ1n) is 7.49. The Balaban J connectivity index is 1.73. The first-order chi connectivity index (χ1) is 11.8. The zero-order valence-corrected chi connectivity index (χ0v) is 14.5. The lowest BCUT2D eigenvalue weighted by atomic mass is 10.1. The molecule has 0 fully saturated rings. The van der Waals surface area contributed by atoms with Gasteiger partial charge in [0.1, 0.15) is 11.3 Å². The van der Waals surface area contributed by atoms with Crippen LogP contribution < -0.4 is 5.32 Å². The van der Waals surface area contributed by atoms with Crippen LogP contribution in [0.25, 0.3) is 11.0 Å². The van der Waals surface area contributed by atoms with Crippen LogP contribution in [0.4, 0.5) is 5.82 Å². The van der Waals surface area contributed by atoms with Gasteiger partial charge in [0.15, 0.2) is 11.9 Å². The first kappa shape index (κ1) is 17.0. The number of nitrogens with one attached hydrogen (secondary N) is 1. The molecule has 0 unspecified atom stereocenters. The third-order valence-electron chi connectivity index (χ3n) is 3.62. The van der Waals surface area contributed by atoms with Gasteiger partial charge in [-0.25, -0.2) is 4.79 Å². The topological polar surface area (TPSA) is 94.6 Å². The summed E-state index contributed by atoms with van der Waals surface area (Å²) in [5.41, 5.74) is 1.12. The number of furan rings is 1. The number of anilines is 1. The van der Waals surface area contributed by atoms with Gasteiger partial charge < -0.3 is 19.0 Å². The van der Waals surface area contributed by atoms with Gasteiger partial charge in [-0.2, -0.15) is 0 Å². The van der Waals surface area contributed by atoms with Gasteiger partial charge in [-0.1, -0.05) is 16.8 Å². The minimum Gasteiger partial charge on any atom is -0.449 e. The summed E-state index contributed by atoms with van der Waals surface area (Å²) in [6.07, 6.45) is -1.04. The highest BCUT2D eigenvalue weighted by molar-refractivity contribution is 6.31. The van der Waals surface area contributed by atoms with E-state index in [0.29, 0.717) is 21.9 Å². The van der Waals surface area contributed by atoms with Gasteiger partial charge in [0.25, 0.3) is 5.91 Å². The highest BCUT2D eigenvalue weighted by Gasteiger charge is 2.24. The summed E-state index contributed by atoms with van der Waals surface area (Å²) in [6, 6.07) is 6.59. The molecule has 25 heavy (non-hydrogen) atoms. The Bertz CT molecular complexity index is 959. The Kier molecular flexibility index (Phi) is 4.50. The van der Waals surface area contributed by atoms with Crippen molar-refractivity contribution in [2.24, 2.45) is 0 Å². The summed E-state index contributed by atoms with van der Waals surface area (Å²) in [5.74, 6) is -0.423. The maximum atomic E-state index is 12.3. The average molecular weight is 363 g/mol. The highest BCUT2D eigenvalue weighted by Crippen LogP contribution is 2.28. The van der Waals surface area contributed by atoms with E-state index < -0.39 is 18.0 Å². The second kappa shape index (κ2) is 6.60. The predicted octanol–water partition coefficient (Wildman–Crippen LogP) is 3.88. The number of hydrogen-bond acceptors (Lipinski definition) is 6. The molecule has 130 valence electrons. The number of ether oxygens (including phenoxy) is 1. The molecule has 1 N–H and O–H groups in total. The molecule has 8 heteroatoms. The molecule has 0 spiro atoms. The summed E-state index contributed by atoms with van der Waals surface area (Å²) in [5, 5.41) is 7.40. The number of carbonyl (C=O) groups is 2. The van der Waals surface area contributed by atoms with E-state index in [1.807, 2.05) is 0 Å². The third-order valence-corrected chi connectivity index (χ3v) is 3.85. The van der Waals surface area contributed by atoms with Crippen LogP contribution in [0.1, 0.15) is 28.8 Å². The fourth-order valence-electron chi connectivity index (χ4n) is 2.31. The van der Waals surface area contributed by atoms with Crippen molar-refractivity contribution >= 4 is 40.3 Å². The lowest BCUT2D eigenvalue weighted by Crippen LogP contribution is -2.30. The molecule has 1 aromatic carbocycles.